The maximum atomic E-state index is 5.82. The highest BCUT2D eigenvalue weighted by molar-refractivity contribution is 14.0. The highest BCUT2D eigenvalue weighted by atomic mass is 127. The molecule has 1 heterocycles. The molecule has 2 N–H and O–H groups in total. The zero-order chi connectivity index (χ0) is 18.1. The largest absolute Gasteiger partial charge is 0.493 e. The lowest BCUT2D eigenvalue weighted by atomic mass is 10.2. The number of nitrogens with one attached hydrogen (secondary N) is 2. The Morgan fingerprint density at radius 3 is 2.62 bits per heavy atom. The van der Waals surface area contributed by atoms with E-state index in [0.717, 1.165) is 41.9 Å². The van der Waals surface area contributed by atoms with Crippen LogP contribution in [0.5, 0.6) is 5.75 Å². The third-order valence-electron chi connectivity index (χ3n) is 3.69. The first kappa shape index (κ1) is 22.7. The van der Waals surface area contributed by atoms with Gasteiger partial charge in [-0.25, -0.2) is 9.98 Å². The molecule has 0 aliphatic heterocycles. The van der Waals surface area contributed by atoms with Gasteiger partial charge in [0.2, 0.25) is 0 Å². The lowest BCUT2D eigenvalue weighted by Crippen LogP contribution is -2.38. The first-order valence-corrected chi connectivity index (χ1v) is 9.55. The lowest BCUT2D eigenvalue weighted by Gasteiger charge is -2.12. The zero-order valence-corrected chi connectivity index (χ0v) is 19.1. The Morgan fingerprint density at radius 1 is 1.19 bits per heavy atom. The summed E-state index contributed by atoms with van der Waals surface area (Å²) in [5.74, 6) is 1.79. The van der Waals surface area contributed by atoms with Crippen molar-refractivity contribution in [2.24, 2.45) is 4.99 Å². The summed E-state index contributed by atoms with van der Waals surface area (Å²) in [6.07, 6.45) is 0.914. The van der Waals surface area contributed by atoms with Gasteiger partial charge in [-0.1, -0.05) is 18.2 Å². The molecule has 0 spiro atoms. The van der Waals surface area contributed by atoms with Crippen molar-refractivity contribution in [1.82, 2.24) is 15.6 Å². The molecule has 0 unspecified atom stereocenters. The number of aryl methyl sites for hydroxylation is 3. The fourth-order valence-corrected chi connectivity index (χ4v) is 3.25. The van der Waals surface area contributed by atoms with Crippen molar-refractivity contribution >= 4 is 41.3 Å². The van der Waals surface area contributed by atoms with Gasteiger partial charge in [0, 0.05) is 18.0 Å². The van der Waals surface area contributed by atoms with Crippen molar-refractivity contribution in [3.05, 3.63) is 45.4 Å². The van der Waals surface area contributed by atoms with Crippen molar-refractivity contribution in [3.63, 3.8) is 0 Å². The minimum atomic E-state index is 0. The van der Waals surface area contributed by atoms with Gasteiger partial charge >= 0.3 is 0 Å². The fourth-order valence-electron chi connectivity index (χ4n) is 2.39. The fraction of sp³-hybridized carbons (Fsp3) is 0.474. The molecule has 0 atom stereocenters. The predicted molar refractivity (Wildman–Crippen MR) is 121 cm³/mol. The van der Waals surface area contributed by atoms with E-state index in [2.05, 4.69) is 40.5 Å². The van der Waals surface area contributed by atoms with E-state index in [4.69, 9.17) is 4.74 Å². The third-order valence-corrected chi connectivity index (χ3v) is 4.75. The summed E-state index contributed by atoms with van der Waals surface area (Å²) in [4.78, 5) is 10.3. The Kier molecular flexibility index (Phi) is 10.6. The molecule has 0 radical (unpaired) electrons. The average Bonchev–Trinajstić information content (AvgIpc) is 2.91. The first-order valence-electron chi connectivity index (χ1n) is 8.73. The van der Waals surface area contributed by atoms with Crippen LogP contribution in [0.2, 0.25) is 0 Å². The number of nitrogens with zero attached hydrogens (tertiary/aromatic N) is 2. The average molecular weight is 488 g/mol. The molecule has 26 heavy (non-hydrogen) atoms. The monoisotopic (exact) mass is 488 g/mol. The Balaban J connectivity index is 0.00000338. The predicted octanol–water partition coefficient (Wildman–Crippen LogP) is 4.21. The lowest BCUT2D eigenvalue weighted by molar-refractivity contribution is 0.309. The van der Waals surface area contributed by atoms with Gasteiger partial charge in [0.1, 0.15) is 5.75 Å². The van der Waals surface area contributed by atoms with E-state index in [1.165, 1.54) is 10.4 Å². The number of thiazole rings is 1. The molecule has 1 aromatic carbocycles. The van der Waals surface area contributed by atoms with E-state index in [1.54, 1.807) is 11.3 Å². The smallest absolute Gasteiger partial charge is 0.191 e. The molecule has 0 saturated heterocycles. The van der Waals surface area contributed by atoms with Gasteiger partial charge in [-0.2, -0.15) is 0 Å². The number of guanidine groups is 1. The number of ether oxygens (including phenoxy) is 1. The SMILES string of the molecule is CCNC(=NCc1sc(C)nc1C)NCCCOc1ccccc1C.I. The van der Waals surface area contributed by atoms with Crippen LogP contribution in [0, 0.1) is 20.8 Å². The summed E-state index contributed by atoms with van der Waals surface area (Å²) < 4.78 is 5.82. The molecular weight excluding hydrogens is 459 g/mol. The second kappa shape index (κ2) is 12.1. The summed E-state index contributed by atoms with van der Waals surface area (Å²) in [6.45, 7) is 11.2. The molecule has 0 saturated carbocycles. The van der Waals surface area contributed by atoms with Crippen molar-refractivity contribution in [3.8, 4) is 5.75 Å². The normalized spacial score (nSPS) is 11.0. The van der Waals surface area contributed by atoms with Crippen LogP contribution in [-0.2, 0) is 6.54 Å². The van der Waals surface area contributed by atoms with Gasteiger partial charge in [-0.05, 0) is 45.7 Å². The summed E-state index contributed by atoms with van der Waals surface area (Å²) in [7, 11) is 0. The molecule has 1 aromatic heterocycles. The number of rotatable bonds is 8. The number of hydrogen-bond acceptors (Lipinski definition) is 4. The summed E-state index contributed by atoms with van der Waals surface area (Å²) in [5.41, 5.74) is 2.24. The minimum absolute atomic E-state index is 0. The quantitative estimate of drug-likeness (QED) is 0.253. The van der Waals surface area contributed by atoms with Crippen molar-refractivity contribution < 1.29 is 4.74 Å². The molecule has 7 heteroatoms. The Hall–Kier alpha value is -1.35. The standard InChI is InChI=1S/C19H28N4OS.HI/c1-5-20-19(22-13-18-15(3)23-16(4)25-18)21-11-8-12-24-17-10-7-6-9-14(17)2;/h6-7,9-10H,5,8,11-13H2,1-4H3,(H2,20,21,22);1H. The van der Waals surface area contributed by atoms with Crippen LogP contribution in [-0.4, -0.2) is 30.6 Å². The Bertz CT molecular complexity index is 703. The summed E-state index contributed by atoms with van der Waals surface area (Å²) in [6, 6.07) is 8.09. The van der Waals surface area contributed by atoms with Crippen molar-refractivity contribution in [2.45, 2.75) is 40.7 Å². The topological polar surface area (TPSA) is 58.5 Å². The van der Waals surface area contributed by atoms with Gasteiger partial charge in [-0.15, -0.1) is 35.3 Å². The molecule has 0 aliphatic rings. The van der Waals surface area contributed by atoms with Gasteiger partial charge in [0.25, 0.3) is 0 Å². The number of aromatic nitrogens is 1. The van der Waals surface area contributed by atoms with Crippen LogP contribution in [0.1, 0.15) is 34.5 Å². The van der Waals surface area contributed by atoms with Crippen LogP contribution >= 0.6 is 35.3 Å². The summed E-state index contributed by atoms with van der Waals surface area (Å²) in [5, 5.41) is 7.73. The van der Waals surface area contributed by atoms with Gasteiger partial charge in [0.15, 0.2) is 5.96 Å². The van der Waals surface area contributed by atoms with Crippen LogP contribution < -0.4 is 15.4 Å². The maximum Gasteiger partial charge on any atom is 0.191 e. The Labute approximate surface area is 177 Å². The molecule has 5 nitrogen and oxygen atoms in total. The van der Waals surface area contributed by atoms with Crippen molar-refractivity contribution in [2.75, 3.05) is 19.7 Å². The first-order chi connectivity index (χ1) is 12.1. The van der Waals surface area contributed by atoms with E-state index >= 15 is 0 Å². The second-order valence-electron chi connectivity index (χ2n) is 5.83. The molecular formula is C19H29IN4OS. The zero-order valence-electron chi connectivity index (χ0n) is 16.0. The van der Waals surface area contributed by atoms with E-state index in [9.17, 15) is 0 Å². The molecule has 0 aliphatic carbocycles. The number of para-hydroxylation sites is 1. The van der Waals surface area contributed by atoms with E-state index < -0.39 is 0 Å². The number of halogens is 1. The van der Waals surface area contributed by atoms with Gasteiger partial charge < -0.3 is 15.4 Å². The molecule has 2 rings (SSSR count). The second-order valence-corrected chi connectivity index (χ2v) is 7.12. The number of hydrogen-bond donors (Lipinski definition) is 2. The summed E-state index contributed by atoms with van der Waals surface area (Å²) >= 11 is 1.71. The molecule has 144 valence electrons. The highest BCUT2D eigenvalue weighted by Crippen LogP contribution is 2.18. The number of aliphatic imine (C=N–C) groups is 1. The van der Waals surface area contributed by atoms with Crippen molar-refractivity contribution in [1.29, 1.82) is 0 Å². The van der Waals surface area contributed by atoms with Crippen LogP contribution in [0.3, 0.4) is 0 Å². The van der Waals surface area contributed by atoms with Gasteiger partial charge in [0.05, 0.1) is 23.9 Å². The number of benzene rings is 1. The van der Waals surface area contributed by atoms with Crippen LogP contribution in [0.15, 0.2) is 29.3 Å². The van der Waals surface area contributed by atoms with Crippen LogP contribution in [0.4, 0.5) is 0 Å². The minimum Gasteiger partial charge on any atom is -0.493 e. The van der Waals surface area contributed by atoms with E-state index in [0.29, 0.717) is 13.2 Å². The molecule has 0 bridgehead atoms. The van der Waals surface area contributed by atoms with E-state index in [-0.39, 0.29) is 24.0 Å². The molecule has 2 aromatic rings. The third kappa shape index (κ3) is 7.49. The highest BCUT2D eigenvalue weighted by Gasteiger charge is 2.05. The van der Waals surface area contributed by atoms with Gasteiger partial charge in [-0.3, -0.25) is 0 Å². The maximum absolute atomic E-state index is 5.82. The molecule has 0 fully saturated rings. The van der Waals surface area contributed by atoms with Crippen LogP contribution in [0.25, 0.3) is 0 Å². The van der Waals surface area contributed by atoms with E-state index in [1.807, 2.05) is 32.0 Å². The Morgan fingerprint density at radius 2 is 1.96 bits per heavy atom. The molecule has 0 amide bonds.